The summed E-state index contributed by atoms with van der Waals surface area (Å²) in [6.45, 7) is 10.6. The fraction of sp³-hybridized carbons (Fsp3) is 0.409. The third-order valence-corrected chi connectivity index (χ3v) is 11.2. The van der Waals surface area contributed by atoms with E-state index in [4.69, 9.17) is 9.47 Å². The van der Waals surface area contributed by atoms with Gasteiger partial charge in [-0.15, -0.1) is 0 Å². The average molecular weight is 773 g/mol. The first-order chi connectivity index (χ1) is 23.5. The molecule has 0 aliphatic carbocycles. The van der Waals surface area contributed by atoms with E-state index < -0.39 is 0 Å². The number of alkyl halides is 2. The third kappa shape index (κ3) is 8.85. The van der Waals surface area contributed by atoms with Crippen LogP contribution in [0.15, 0.2) is 84.9 Å². The van der Waals surface area contributed by atoms with E-state index in [2.05, 4.69) is 144 Å². The van der Waals surface area contributed by atoms with Gasteiger partial charge in [-0.05, 0) is 116 Å². The second kappa shape index (κ2) is 18.3. The Morgan fingerprint density at radius 3 is 1.23 bits per heavy atom. The molecule has 2 nitrogen and oxygen atoms in total. The minimum atomic E-state index is 0.607. The van der Waals surface area contributed by atoms with Gasteiger partial charge in [-0.1, -0.05) is 147 Å². The number of fused-ring (bicyclic) bond motifs is 2. The van der Waals surface area contributed by atoms with Gasteiger partial charge in [0.15, 0.2) is 0 Å². The molecule has 0 fully saturated rings. The largest absolute Gasteiger partial charge is 0.493 e. The molecule has 5 aromatic carbocycles. The second-order valence-electron chi connectivity index (χ2n) is 13.3. The minimum absolute atomic E-state index is 0.607. The van der Waals surface area contributed by atoms with Crippen molar-refractivity contribution in [2.24, 2.45) is 11.8 Å². The van der Waals surface area contributed by atoms with Gasteiger partial charge < -0.3 is 9.47 Å². The van der Waals surface area contributed by atoms with Crippen LogP contribution in [-0.4, -0.2) is 13.2 Å². The van der Waals surface area contributed by atoms with Gasteiger partial charge in [0.25, 0.3) is 0 Å². The van der Waals surface area contributed by atoms with Crippen molar-refractivity contribution in [2.75, 3.05) is 13.2 Å². The molecule has 48 heavy (non-hydrogen) atoms. The van der Waals surface area contributed by atoms with Crippen molar-refractivity contribution in [1.82, 2.24) is 0 Å². The van der Waals surface area contributed by atoms with E-state index in [0.29, 0.717) is 11.8 Å². The summed E-state index contributed by atoms with van der Waals surface area (Å²) >= 11 is 7.46. The Balaban J connectivity index is 1.56. The predicted molar refractivity (Wildman–Crippen MR) is 215 cm³/mol. The number of ether oxygens (including phenoxy) is 2. The fourth-order valence-electron chi connectivity index (χ4n) is 6.77. The first kappa shape index (κ1) is 36.5. The Hall–Kier alpha value is -2.82. The van der Waals surface area contributed by atoms with Crippen molar-refractivity contribution < 1.29 is 9.47 Å². The van der Waals surface area contributed by atoms with Crippen LogP contribution < -0.4 is 9.47 Å². The molecule has 0 radical (unpaired) electrons. The second-order valence-corrected chi connectivity index (χ2v) is 14.4. The third-order valence-electron chi connectivity index (χ3n) is 9.90. The molecule has 2 unspecified atom stereocenters. The molecule has 254 valence electrons. The summed E-state index contributed by atoms with van der Waals surface area (Å²) in [4.78, 5) is 0. The Kier molecular flexibility index (Phi) is 13.9. The molecule has 0 saturated carbocycles. The summed E-state index contributed by atoms with van der Waals surface area (Å²) in [5, 5.41) is 6.67. The first-order valence-electron chi connectivity index (χ1n) is 18.1. The smallest absolute Gasteiger partial charge is 0.119 e. The standard InChI is InChI=1S/C44H52Br2O2/c1-5-9-11-31(7-3)29-47-37-19-15-35(16-20-37)43-39-23-13-34(28-46)26-42(39)44(40-24-14-33(27-45)25-41(40)43)36-17-21-38(22-18-36)48-30-32(8-4)12-10-6-2/h13-26,31-32H,5-12,27-30H2,1-4H3. The van der Waals surface area contributed by atoms with Gasteiger partial charge in [-0.25, -0.2) is 0 Å². The van der Waals surface area contributed by atoms with Crippen molar-refractivity contribution in [2.45, 2.75) is 89.7 Å². The molecule has 5 rings (SSSR count). The molecule has 0 aliphatic rings. The lowest BCUT2D eigenvalue weighted by Gasteiger charge is -2.20. The highest BCUT2D eigenvalue weighted by atomic mass is 79.9. The number of unbranched alkanes of at least 4 members (excludes halogenated alkanes) is 2. The molecule has 4 heteroatoms. The highest BCUT2D eigenvalue weighted by Crippen LogP contribution is 2.45. The Labute approximate surface area is 305 Å². The molecule has 0 N–H and O–H groups in total. The molecule has 0 aromatic heterocycles. The van der Waals surface area contributed by atoms with Crippen molar-refractivity contribution in [1.29, 1.82) is 0 Å². The van der Waals surface area contributed by atoms with E-state index in [1.807, 2.05) is 0 Å². The molecule has 0 bridgehead atoms. The number of hydrogen-bond donors (Lipinski definition) is 0. The minimum Gasteiger partial charge on any atom is -0.493 e. The molecule has 0 spiro atoms. The van der Waals surface area contributed by atoms with Crippen LogP contribution in [0.25, 0.3) is 43.8 Å². The first-order valence-corrected chi connectivity index (χ1v) is 20.4. The van der Waals surface area contributed by atoms with Gasteiger partial charge in [0.2, 0.25) is 0 Å². The zero-order valence-electron chi connectivity index (χ0n) is 29.3. The van der Waals surface area contributed by atoms with Crippen LogP contribution in [0.4, 0.5) is 0 Å². The van der Waals surface area contributed by atoms with Crippen LogP contribution in [0.5, 0.6) is 11.5 Å². The molecule has 2 atom stereocenters. The normalized spacial score (nSPS) is 12.8. The van der Waals surface area contributed by atoms with Gasteiger partial charge in [0.1, 0.15) is 11.5 Å². The maximum Gasteiger partial charge on any atom is 0.119 e. The molecule has 0 saturated heterocycles. The van der Waals surface area contributed by atoms with Gasteiger partial charge in [-0.2, -0.15) is 0 Å². The highest BCUT2D eigenvalue weighted by Gasteiger charge is 2.18. The summed E-state index contributed by atoms with van der Waals surface area (Å²) in [5.41, 5.74) is 7.48. The zero-order valence-corrected chi connectivity index (χ0v) is 32.5. The molecule has 0 aliphatic heterocycles. The maximum absolute atomic E-state index is 6.31. The van der Waals surface area contributed by atoms with Gasteiger partial charge in [0, 0.05) is 10.7 Å². The summed E-state index contributed by atoms with van der Waals surface area (Å²) < 4.78 is 12.6. The van der Waals surface area contributed by atoms with Crippen LogP contribution in [0.3, 0.4) is 0 Å². The van der Waals surface area contributed by atoms with Crippen molar-refractivity contribution in [3.8, 4) is 33.8 Å². The lowest BCUT2D eigenvalue weighted by atomic mass is 9.85. The number of benzene rings is 5. The average Bonchev–Trinajstić information content (AvgIpc) is 3.14. The van der Waals surface area contributed by atoms with Crippen LogP contribution >= 0.6 is 31.9 Å². The van der Waals surface area contributed by atoms with Crippen molar-refractivity contribution >= 4 is 53.4 Å². The Morgan fingerprint density at radius 1 is 0.500 bits per heavy atom. The van der Waals surface area contributed by atoms with E-state index in [9.17, 15) is 0 Å². The van der Waals surface area contributed by atoms with Crippen LogP contribution in [0.2, 0.25) is 0 Å². The van der Waals surface area contributed by atoms with Gasteiger partial charge in [0.05, 0.1) is 13.2 Å². The lowest BCUT2D eigenvalue weighted by Crippen LogP contribution is -2.11. The van der Waals surface area contributed by atoms with E-state index in [1.165, 1.54) is 93.5 Å². The molecular weight excluding hydrogens is 720 g/mol. The highest BCUT2D eigenvalue weighted by molar-refractivity contribution is 9.08. The zero-order chi connectivity index (χ0) is 33.9. The van der Waals surface area contributed by atoms with E-state index in [-0.39, 0.29) is 0 Å². The summed E-state index contributed by atoms with van der Waals surface area (Å²) in [6, 6.07) is 31.4. The van der Waals surface area contributed by atoms with Crippen molar-refractivity contribution in [3.05, 3.63) is 96.1 Å². The fourth-order valence-corrected chi connectivity index (χ4v) is 7.47. The quantitative estimate of drug-likeness (QED) is 0.0652. The topological polar surface area (TPSA) is 18.5 Å². The van der Waals surface area contributed by atoms with Crippen LogP contribution in [-0.2, 0) is 10.7 Å². The van der Waals surface area contributed by atoms with Crippen molar-refractivity contribution in [3.63, 3.8) is 0 Å². The number of rotatable bonds is 18. The monoisotopic (exact) mass is 770 g/mol. The Bertz CT molecular complexity index is 1610. The van der Waals surface area contributed by atoms with Gasteiger partial charge in [-0.3, -0.25) is 0 Å². The summed E-state index contributed by atoms with van der Waals surface area (Å²) in [7, 11) is 0. The molecule has 0 heterocycles. The number of halogens is 2. The lowest BCUT2D eigenvalue weighted by molar-refractivity contribution is 0.233. The van der Waals surface area contributed by atoms with Crippen LogP contribution in [0, 0.1) is 11.8 Å². The van der Waals surface area contributed by atoms with Gasteiger partial charge >= 0.3 is 0 Å². The number of hydrogen-bond acceptors (Lipinski definition) is 2. The SMILES string of the molecule is CCCCC(CC)COc1ccc(-c2c3ccc(CBr)cc3c(-c3ccc(OCC(CC)CCCC)cc3)c3ccc(CBr)cc23)cc1. The van der Waals surface area contributed by atoms with Crippen LogP contribution in [0.1, 0.15) is 90.2 Å². The maximum atomic E-state index is 6.31. The summed E-state index contributed by atoms with van der Waals surface area (Å²) in [6.07, 6.45) is 9.77. The Morgan fingerprint density at radius 2 is 0.896 bits per heavy atom. The predicted octanol–water partition coefficient (Wildman–Crippen LogP) is 14.3. The summed E-state index contributed by atoms with van der Waals surface area (Å²) in [5.74, 6) is 3.10. The molecule has 5 aromatic rings. The van der Waals surface area contributed by atoms with E-state index in [0.717, 1.165) is 48.2 Å². The van der Waals surface area contributed by atoms with E-state index >= 15 is 0 Å². The van der Waals surface area contributed by atoms with E-state index in [1.54, 1.807) is 0 Å². The molecular formula is C44H52Br2O2. The molecule has 0 amide bonds.